The Balaban J connectivity index is 2.15. The number of aryl methyl sites for hydroxylation is 1. The highest BCUT2D eigenvalue weighted by Gasteiger charge is 2.23. The van der Waals surface area contributed by atoms with E-state index in [1.165, 1.54) is 0 Å². The lowest BCUT2D eigenvalue weighted by Crippen LogP contribution is -2.21. The number of hydrogen-bond donors (Lipinski definition) is 2. The van der Waals surface area contributed by atoms with Gasteiger partial charge in [-0.1, -0.05) is 0 Å². The minimum Gasteiger partial charge on any atom is -0.464 e. The van der Waals surface area contributed by atoms with Crippen LogP contribution < -0.4 is 10.6 Å². The Kier molecular flexibility index (Phi) is 1.53. The predicted molar refractivity (Wildman–Crippen MR) is 42.7 cm³/mol. The Morgan fingerprint density at radius 2 is 2.42 bits per heavy atom. The summed E-state index contributed by atoms with van der Waals surface area (Å²) in [6, 6.07) is 3.63. The highest BCUT2D eigenvalue weighted by Crippen LogP contribution is 2.17. The lowest BCUT2D eigenvalue weighted by molar-refractivity contribution is 0.247. The summed E-state index contributed by atoms with van der Waals surface area (Å²) < 4.78 is 5.36. The van der Waals surface area contributed by atoms with Gasteiger partial charge in [0.1, 0.15) is 17.6 Å². The van der Waals surface area contributed by atoms with Gasteiger partial charge in [-0.15, -0.1) is 0 Å². The van der Waals surface area contributed by atoms with Crippen LogP contribution in [-0.2, 0) is 0 Å². The number of rotatable bonds is 1. The highest BCUT2D eigenvalue weighted by atomic mass is 16.3. The van der Waals surface area contributed by atoms with Crippen molar-refractivity contribution in [1.29, 1.82) is 0 Å². The standard InChI is InChI=1S/C8H10N2O2/c1-5-2-3-7(12-5)6-4-9-8(11)10-6/h2-3,6H,4H2,1H3,(H2,9,10,11)/t6-/m0/s1. The van der Waals surface area contributed by atoms with Crippen LogP contribution in [0.1, 0.15) is 17.6 Å². The van der Waals surface area contributed by atoms with E-state index in [9.17, 15) is 4.79 Å². The van der Waals surface area contributed by atoms with Crippen LogP contribution in [-0.4, -0.2) is 12.6 Å². The second-order valence-electron chi connectivity index (χ2n) is 2.86. The molecule has 0 unspecified atom stereocenters. The molecule has 1 aromatic heterocycles. The topological polar surface area (TPSA) is 54.3 Å². The van der Waals surface area contributed by atoms with Crippen molar-refractivity contribution in [2.75, 3.05) is 6.54 Å². The van der Waals surface area contributed by atoms with E-state index in [2.05, 4.69) is 10.6 Å². The number of urea groups is 1. The molecular weight excluding hydrogens is 156 g/mol. The Morgan fingerprint density at radius 3 is 2.92 bits per heavy atom. The summed E-state index contributed by atoms with van der Waals surface area (Å²) in [7, 11) is 0. The van der Waals surface area contributed by atoms with E-state index in [-0.39, 0.29) is 12.1 Å². The van der Waals surface area contributed by atoms with Crippen LogP contribution in [0.5, 0.6) is 0 Å². The predicted octanol–water partition coefficient (Wildman–Crippen LogP) is 0.942. The van der Waals surface area contributed by atoms with E-state index < -0.39 is 0 Å². The molecule has 64 valence electrons. The first-order valence-electron chi connectivity index (χ1n) is 3.86. The molecule has 1 aromatic rings. The van der Waals surface area contributed by atoms with Gasteiger partial charge in [-0.05, 0) is 19.1 Å². The smallest absolute Gasteiger partial charge is 0.315 e. The van der Waals surface area contributed by atoms with Crippen molar-refractivity contribution < 1.29 is 9.21 Å². The van der Waals surface area contributed by atoms with Gasteiger partial charge in [0.15, 0.2) is 0 Å². The Hall–Kier alpha value is -1.45. The maximum atomic E-state index is 10.8. The molecule has 0 spiro atoms. The Morgan fingerprint density at radius 1 is 1.58 bits per heavy atom. The van der Waals surface area contributed by atoms with Crippen molar-refractivity contribution >= 4 is 6.03 Å². The van der Waals surface area contributed by atoms with E-state index in [0.717, 1.165) is 11.5 Å². The number of hydrogen-bond acceptors (Lipinski definition) is 2. The molecule has 2 rings (SSSR count). The van der Waals surface area contributed by atoms with Crippen LogP contribution in [0.15, 0.2) is 16.5 Å². The zero-order chi connectivity index (χ0) is 8.55. The molecule has 0 aliphatic carbocycles. The van der Waals surface area contributed by atoms with Crippen LogP contribution in [0.25, 0.3) is 0 Å². The van der Waals surface area contributed by atoms with Crippen LogP contribution in [0.4, 0.5) is 4.79 Å². The summed E-state index contributed by atoms with van der Waals surface area (Å²) in [5.41, 5.74) is 0. The first kappa shape index (κ1) is 7.21. The van der Waals surface area contributed by atoms with Gasteiger partial charge < -0.3 is 15.1 Å². The molecule has 1 aliphatic rings. The fraction of sp³-hybridized carbons (Fsp3) is 0.375. The van der Waals surface area contributed by atoms with Gasteiger partial charge in [0.05, 0.1) is 0 Å². The minimum atomic E-state index is -0.131. The van der Waals surface area contributed by atoms with E-state index in [1.807, 2.05) is 19.1 Å². The largest absolute Gasteiger partial charge is 0.464 e. The van der Waals surface area contributed by atoms with E-state index >= 15 is 0 Å². The Labute approximate surface area is 69.9 Å². The lowest BCUT2D eigenvalue weighted by Gasteiger charge is -2.02. The van der Waals surface area contributed by atoms with Gasteiger partial charge in [-0.3, -0.25) is 0 Å². The van der Waals surface area contributed by atoms with Gasteiger partial charge in [-0.2, -0.15) is 0 Å². The SMILES string of the molecule is Cc1ccc([C@@H]2CNC(=O)N2)o1. The molecule has 12 heavy (non-hydrogen) atoms. The molecule has 2 N–H and O–H groups in total. The maximum absolute atomic E-state index is 10.8. The van der Waals surface area contributed by atoms with Gasteiger partial charge in [-0.25, -0.2) is 4.79 Å². The third kappa shape index (κ3) is 1.15. The van der Waals surface area contributed by atoms with Crippen LogP contribution in [0.2, 0.25) is 0 Å². The molecule has 1 atom stereocenters. The zero-order valence-corrected chi connectivity index (χ0v) is 6.76. The van der Waals surface area contributed by atoms with Gasteiger partial charge in [0.2, 0.25) is 0 Å². The summed E-state index contributed by atoms with van der Waals surface area (Å²) in [5, 5.41) is 5.41. The van der Waals surface area contributed by atoms with Crippen LogP contribution in [0, 0.1) is 6.92 Å². The Bertz CT molecular complexity index is 306. The molecule has 0 saturated carbocycles. The molecular formula is C8H10N2O2. The zero-order valence-electron chi connectivity index (χ0n) is 6.76. The second-order valence-corrected chi connectivity index (χ2v) is 2.86. The number of nitrogens with one attached hydrogen (secondary N) is 2. The van der Waals surface area contributed by atoms with Crippen molar-refractivity contribution in [1.82, 2.24) is 10.6 Å². The number of amides is 2. The molecule has 2 heterocycles. The lowest BCUT2D eigenvalue weighted by atomic mass is 10.2. The molecule has 4 nitrogen and oxygen atoms in total. The summed E-state index contributed by atoms with van der Waals surface area (Å²) in [6.45, 7) is 2.49. The van der Waals surface area contributed by atoms with Gasteiger partial charge >= 0.3 is 6.03 Å². The summed E-state index contributed by atoms with van der Waals surface area (Å²) in [5.74, 6) is 1.68. The number of furan rings is 1. The highest BCUT2D eigenvalue weighted by molar-refractivity contribution is 5.76. The normalized spacial score (nSPS) is 22.1. The fourth-order valence-corrected chi connectivity index (χ4v) is 1.27. The summed E-state index contributed by atoms with van der Waals surface area (Å²) >= 11 is 0. The molecule has 4 heteroatoms. The van der Waals surface area contributed by atoms with Crippen LogP contribution in [0.3, 0.4) is 0 Å². The molecule has 0 aromatic carbocycles. The molecule has 1 aliphatic heterocycles. The molecule has 0 radical (unpaired) electrons. The monoisotopic (exact) mass is 166 g/mol. The van der Waals surface area contributed by atoms with Crippen molar-refractivity contribution in [2.45, 2.75) is 13.0 Å². The molecule has 1 fully saturated rings. The second kappa shape index (κ2) is 2.55. The molecule has 1 saturated heterocycles. The third-order valence-corrected chi connectivity index (χ3v) is 1.88. The summed E-state index contributed by atoms with van der Waals surface area (Å²) in [4.78, 5) is 10.8. The first-order chi connectivity index (χ1) is 5.75. The van der Waals surface area contributed by atoms with E-state index in [0.29, 0.717) is 6.54 Å². The van der Waals surface area contributed by atoms with Crippen molar-refractivity contribution in [3.8, 4) is 0 Å². The average Bonchev–Trinajstić information content (AvgIpc) is 2.58. The quantitative estimate of drug-likeness (QED) is 0.652. The molecule has 0 bridgehead atoms. The maximum Gasteiger partial charge on any atom is 0.315 e. The van der Waals surface area contributed by atoms with Crippen molar-refractivity contribution in [2.24, 2.45) is 0 Å². The van der Waals surface area contributed by atoms with E-state index in [1.54, 1.807) is 0 Å². The van der Waals surface area contributed by atoms with Crippen LogP contribution >= 0.6 is 0 Å². The third-order valence-electron chi connectivity index (χ3n) is 1.88. The average molecular weight is 166 g/mol. The molecule has 2 amide bonds. The summed E-state index contributed by atoms with van der Waals surface area (Å²) in [6.07, 6.45) is 0. The number of carbonyl (C=O) groups is 1. The minimum absolute atomic E-state index is 0.00815. The first-order valence-corrected chi connectivity index (χ1v) is 3.86. The number of carbonyl (C=O) groups excluding carboxylic acids is 1. The van der Waals surface area contributed by atoms with Crippen molar-refractivity contribution in [3.05, 3.63) is 23.7 Å². The fourth-order valence-electron chi connectivity index (χ4n) is 1.27. The van der Waals surface area contributed by atoms with E-state index in [4.69, 9.17) is 4.42 Å². The van der Waals surface area contributed by atoms with Gasteiger partial charge in [0.25, 0.3) is 0 Å². The van der Waals surface area contributed by atoms with Gasteiger partial charge in [0, 0.05) is 6.54 Å². The van der Waals surface area contributed by atoms with Crippen molar-refractivity contribution in [3.63, 3.8) is 0 Å².